The fraction of sp³-hybridized carbons (Fsp3) is 0.167. The van der Waals surface area contributed by atoms with Crippen LogP contribution in [-0.4, -0.2) is 27.8 Å². The molecule has 0 saturated heterocycles. The van der Waals surface area contributed by atoms with Crippen molar-refractivity contribution in [3.8, 4) is 17.1 Å². The minimum absolute atomic E-state index is 0.242. The molecule has 1 aromatic heterocycles. The summed E-state index contributed by atoms with van der Waals surface area (Å²) in [7, 11) is 1.59. The highest BCUT2D eigenvalue weighted by atomic mass is 16.5. The first-order valence-electron chi connectivity index (χ1n) is 7.73. The van der Waals surface area contributed by atoms with Crippen molar-refractivity contribution in [1.82, 2.24) is 14.8 Å². The lowest BCUT2D eigenvalue weighted by Gasteiger charge is -2.15. The average molecular weight is 320 g/mol. The number of nitrogens with zero attached hydrogens (tertiary/aromatic N) is 3. The Bertz CT molecular complexity index is 900. The second-order valence-corrected chi connectivity index (χ2v) is 5.57. The molecule has 0 saturated carbocycles. The molecule has 0 unspecified atom stereocenters. The number of aromatic nitrogens is 3. The molecule has 0 radical (unpaired) electrons. The average Bonchev–Trinajstić information content (AvgIpc) is 3.04. The molecule has 2 aromatic carbocycles. The van der Waals surface area contributed by atoms with E-state index in [9.17, 15) is 4.79 Å². The van der Waals surface area contributed by atoms with E-state index < -0.39 is 0 Å². The number of aryl methyl sites for hydroxylation is 2. The zero-order valence-corrected chi connectivity index (χ0v) is 13.2. The van der Waals surface area contributed by atoms with Crippen molar-refractivity contribution < 1.29 is 9.53 Å². The number of ether oxygens (including phenoxy) is 1. The van der Waals surface area contributed by atoms with E-state index in [1.807, 2.05) is 22.9 Å². The quantitative estimate of drug-likeness (QED) is 0.805. The third-order valence-corrected chi connectivity index (χ3v) is 4.10. The monoisotopic (exact) mass is 320 g/mol. The smallest absolute Gasteiger partial charge is 0.258 e. The van der Waals surface area contributed by atoms with Crippen molar-refractivity contribution in [3.05, 3.63) is 59.7 Å². The van der Waals surface area contributed by atoms with E-state index in [2.05, 4.69) is 21.5 Å². The van der Waals surface area contributed by atoms with E-state index in [1.165, 1.54) is 5.56 Å². The third kappa shape index (κ3) is 2.52. The first-order chi connectivity index (χ1) is 11.7. The van der Waals surface area contributed by atoms with Gasteiger partial charge in [-0.05, 0) is 36.2 Å². The number of rotatable bonds is 3. The highest BCUT2D eigenvalue weighted by molar-refractivity contribution is 6.03. The third-order valence-electron chi connectivity index (χ3n) is 4.10. The van der Waals surface area contributed by atoms with Crippen molar-refractivity contribution in [2.45, 2.75) is 13.0 Å². The van der Waals surface area contributed by atoms with Crippen molar-refractivity contribution in [2.75, 3.05) is 12.4 Å². The van der Waals surface area contributed by atoms with Gasteiger partial charge < -0.3 is 4.74 Å². The van der Waals surface area contributed by atoms with E-state index in [0.717, 1.165) is 24.4 Å². The van der Waals surface area contributed by atoms with E-state index in [-0.39, 0.29) is 5.91 Å². The van der Waals surface area contributed by atoms with Crippen molar-refractivity contribution in [1.29, 1.82) is 0 Å². The first kappa shape index (κ1) is 14.4. The molecule has 4 rings (SSSR count). The van der Waals surface area contributed by atoms with Crippen molar-refractivity contribution in [3.63, 3.8) is 0 Å². The summed E-state index contributed by atoms with van der Waals surface area (Å²) in [6.07, 6.45) is 0.915. The van der Waals surface area contributed by atoms with Crippen molar-refractivity contribution in [2.24, 2.45) is 0 Å². The predicted molar refractivity (Wildman–Crippen MR) is 90.1 cm³/mol. The minimum atomic E-state index is -0.242. The Morgan fingerprint density at radius 1 is 1.17 bits per heavy atom. The van der Waals surface area contributed by atoms with Gasteiger partial charge in [-0.3, -0.25) is 10.1 Å². The molecule has 24 heavy (non-hydrogen) atoms. The van der Waals surface area contributed by atoms with Crippen molar-refractivity contribution >= 4 is 11.9 Å². The minimum Gasteiger partial charge on any atom is -0.497 e. The highest BCUT2D eigenvalue weighted by Crippen LogP contribution is 2.28. The molecule has 0 atom stereocenters. The summed E-state index contributed by atoms with van der Waals surface area (Å²) in [6.45, 7) is 0.762. The van der Waals surface area contributed by atoms with Crippen LogP contribution in [0.1, 0.15) is 15.9 Å². The van der Waals surface area contributed by atoms with Gasteiger partial charge in [-0.1, -0.05) is 24.3 Å². The number of carbonyl (C=O) groups is 1. The van der Waals surface area contributed by atoms with Crippen LogP contribution in [0.5, 0.6) is 5.75 Å². The van der Waals surface area contributed by atoms with Gasteiger partial charge >= 0.3 is 0 Å². The summed E-state index contributed by atoms with van der Waals surface area (Å²) in [6, 6.07) is 15.1. The van der Waals surface area contributed by atoms with Crippen LogP contribution >= 0.6 is 0 Å². The van der Waals surface area contributed by atoms with E-state index >= 15 is 0 Å². The summed E-state index contributed by atoms with van der Waals surface area (Å²) in [5.41, 5.74) is 2.86. The number of benzene rings is 2. The topological polar surface area (TPSA) is 69.0 Å². The van der Waals surface area contributed by atoms with E-state index in [1.54, 1.807) is 31.4 Å². The molecule has 0 bridgehead atoms. The number of anilines is 1. The van der Waals surface area contributed by atoms with Crippen LogP contribution in [0, 0.1) is 0 Å². The SMILES string of the molecule is COc1ccc(C(=O)Nc2nc3n(n2)CCc2ccccc2-3)cc1. The lowest BCUT2D eigenvalue weighted by molar-refractivity contribution is 0.102. The Kier molecular flexibility index (Phi) is 3.49. The number of hydrogen-bond donors (Lipinski definition) is 1. The molecule has 120 valence electrons. The van der Waals surface area contributed by atoms with Gasteiger partial charge in [0.15, 0.2) is 5.82 Å². The maximum atomic E-state index is 12.3. The highest BCUT2D eigenvalue weighted by Gasteiger charge is 2.20. The number of nitrogens with one attached hydrogen (secondary N) is 1. The van der Waals surface area contributed by atoms with E-state index in [4.69, 9.17) is 4.74 Å². The zero-order valence-electron chi connectivity index (χ0n) is 13.2. The summed E-state index contributed by atoms with van der Waals surface area (Å²) in [5.74, 6) is 1.58. The predicted octanol–water partition coefficient (Wildman–Crippen LogP) is 2.76. The van der Waals surface area contributed by atoms with Crippen LogP contribution in [0.2, 0.25) is 0 Å². The van der Waals surface area contributed by atoms with Crippen LogP contribution in [0.25, 0.3) is 11.4 Å². The Morgan fingerprint density at radius 2 is 1.96 bits per heavy atom. The van der Waals surface area contributed by atoms with Crippen LogP contribution in [0.15, 0.2) is 48.5 Å². The Hall–Kier alpha value is -3.15. The molecule has 1 N–H and O–H groups in total. The molecule has 1 aliphatic heterocycles. The maximum Gasteiger partial charge on any atom is 0.258 e. The second kappa shape index (κ2) is 5.81. The molecule has 0 spiro atoms. The summed E-state index contributed by atoms with van der Waals surface area (Å²) >= 11 is 0. The fourth-order valence-electron chi connectivity index (χ4n) is 2.85. The van der Waals surface area contributed by atoms with Gasteiger partial charge in [0, 0.05) is 17.7 Å². The second-order valence-electron chi connectivity index (χ2n) is 5.57. The molecule has 1 amide bonds. The number of amides is 1. The normalized spacial score (nSPS) is 12.2. The number of hydrogen-bond acceptors (Lipinski definition) is 4. The molecule has 3 aromatic rings. The first-order valence-corrected chi connectivity index (χ1v) is 7.73. The van der Waals surface area contributed by atoms with Gasteiger partial charge in [0.2, 0.25) is 5.95 Å². The summed E-state index contributed by atoms with van der Waals surface area (Å²) in [5, 5.41) is 7.16. The van der Waals surface area contributed by atoms with Crippen LogP contribution in [0.3, 0.4) is 0 Å². The lowest BCUT2D eigenvalue weighted by atomic mass is 10.0. The molecule has 1 aliphatic rings. The van der Waals surface area contributed by atoms with Crippen LogP contribution in [0.4, 0.5) is 5.95 Å². The van der Waals surface area contributed by atoms with Gasteiger partial charge in [0.05, 0.1) is 7.11 Å². The van der Waals surface area contributed by atoms with Gasteiger partial charge in [0.25, 0.3) is 5.91 Å². The van der Waals surface area contributed by atoms with Gasteiger partial charge in [-0.15, -0.1) is 5.10 Å². The number of methoxy groups -OCH3 is 1. The number of carbonyl (C=O) groups excluding carboxylic acids is 1. The molecular formula is C18H16N4O2. The number of fused-ring (bicyclic) bond motifs is 3. The molecule has 0 aliphatic carbocycles. The summed E-state index contributed by atoms with van der Waals surface area (Å²) < 4.78 is 6.94. The van der Waals surface area contributed by atoms with Crippen LogP contribution in [-0.2, 0) is 13.0 Å². The Labute approximate surface area is 139 Å². The fourth-order valence-corrected chi connectivity index (χ4v) is 2.85. The molecule has 6 heteroatoms. The van der Waals surface area contributed by atoms with Gasteiger partial charge in [0.1, 0.15) is 5.75 Å². The molecule has 0 fully saturated rings. The lowest BCUT2D eigenvalue weighted by Crippen LogP contribution is -2.14. The largest absolute Gasteiger partial charge is 0.497 e. The van der Waals surface area contributed by atoms with Gasteiger partial charge in [-0.25, -0.2) is 4.68 Å². The Morgan fingerprint density at radius 3 is 2.75 bits per heavy atom. The van der Waals surface area contributed by atoms with Gasteiger partial charge in [-0.2, -0.15) is 4.98 Å². The Balaban J connectivity index is 1.58. The zero-order chi connectivity index (χ0) is 16.5. The standard InChI is InChI=1S/C18H16N4O2/c1-24-14-8-6-13(7-9-14)17(23)20-18-19-16-15-5-3-2-4-12(15)10-11-22(16)21-18/h2-9H,10-11H2,1H3,(H,20,21,23). The maximum absolute atomic E-state index is 12.3. The van der Waals surface area contributed by atoms with Crippen LogP contribution < -0.4 is 10.1 Å². The molecule has 2 heterocycles. The molecule has 6 nitrogen and oxygen atoms in total. The summed E-state index contributed by atoms with van der Waals surface area (Å²) in [4.78, 5) is 16.8. The molecular weight excluding hydrogens is 304 g/mol. The van der Waals surface area contributed by atoms with E-state index in [0.29, 0.717) is 17.3 Å².